The average molecular weight is 405 g/mol. The fourth-order valence-corrected chi connectivity index (χ4v) is 3.40. The van der Waals surface area contributed by atoms with E-state index in [2.05, 4.69) is 10.1 Å². The second-order valence-corrected chi connectivity index (χ2v) is 7.30. The molecule has 7 heteroatoms. The number of ether oxygens (including phenoxy) is 1. The Labute approximate surface area is 172 Å². The van der Waals surface area contributed by atoms with Gasteiger partial charge in [0.25, 0.3) is 0 Å². The van der Waals surface area contributed by atoms with Crippen molar-refractivity contribution in [3.63, 3.8) is 0 Å². The van der Waals surface area contributed by atoms with E-state index in [0.29, 0.717) is 23.9 Å². The maximum absolute atomic E-state index is 12.5. The van der Waals surface area contributed by atoms with Gasteiger partial charge in [-0.3, -0.25) is 4.79 Å². The molecule has 6 nitrogen and oxygen atoms in total. The van der Waals surface area contributed by atoms with Gasteiger partial charge in [-0.05, 0) is 47.8 Å². The molecule has 0 unspecified atom stereocenters. The van der Waals surface area contributed by atoms with Gasteiger partial charge in [0.05, 0.1) is 4.88 Å². The molecule has 2 aromatic heterocycles. The fraction of sp³-hybridized carbons (Fsp3) is 0.136. The molecule has 2 heterocycles. The molecule has 146 valence electrons. The molecular weight excluding hydrogens is 386 g/mol. The third kappa shape index (κ3) is 4.70. The third-order valence-corrected chi connectivity index (χ3v) is 5.21. The molecule has 0 saturated heterocycles. The lowest BCUT2D eigenvalue weighted by molar-refractivity contribution is -0.118. The summed E-state index contributed by atoms with van der Waals surface area (Å²) in [5, 5.41) is 5.93. The van der Waals surface area contributed by atoms with E-state index >= 15 is 0 Å². The van der Waals surface area contributed by atoms with Crippen molar-refractivity contribution in [3.05, 3.63) is 78.0 Å². The Balaban J connectivity index is 1.33. The second-order valence-electron chi connectivity index (χ2n) is 6.35. The number of aromatic nitrogens is 2. The molecule has 0 saturated carbocycles. The zero-order valence-electron chi connectivity index (χ0n) is 15.8. The van der Waals surface area contributed by atoms with E-state index < -0.39 is 0 Å². The maximum atomic E-state index is 12.5. The van der Waals surface area contributed by atoms with E-state index in [1.54, 1.807) is 23.3 Å². The van der Waals surface area contributed by atoms with Crippen LogP contribution in [0.2, 0.25) is 0 Å². The number of hydrogen-bond donors (Lipinski definition) is 0. The van der Waals surface area contributed by atoms with E-state index in [4.69, 9.17) is 9.26 Å². The first-order valence-electron chi connectivity index (χ1n) is 9.15. The van der Waals surface area contributed by atoms with Crippen LogP contribution in [0.5, 0.6) is 11.5 Å². The lowest BCUT2D eigenvalue weighted by atomic mass is 10.2. The van der Waals surface area contributed by atoms with Crippen LogP contribution < -0.4 is 9.64 Å². The molecule has 0 atom stereocenters. The first kappa shape index (κ1) is 18.9. The standard InChI is InChI=1S/C22H19N3O3S/c1-25(16-9-11-18(12-10-16)27-17-6-3-2-4-7-17)21(26)14-13-20-23-22(24-28-20)19-8-5-15-29-19/h2-12,15H,13-14H2,1H3. The summed E-state index contributed by atoms with van der Waals surface area (Å²) in [7, 11) is 1.75. The summed E-state index contributed by atoms with van der Waals surface area (Å²) in [6.45, 7) is 0. The summed E-state index contributed by atoms with van der Waals surface area (Å²) in [6, 6.07) is 20.8. The number of rotatable bonds is 7. The van der Waals surface area contributed by atoms with E-state index in [1.165, 1.54) is 0 Å². The molecular formula is C22H19N3O3S. The zero-order valence-corrected chi connectivity index (χ0v) is 16.6. The molecule has 0 aliphatic rings. The van der Waals surface area contributed by atoms with Gasteiger partial charge in [0, 0.05) is 25.6 Å². The number of thiophene rings is 1. The SMILES string of the molecule is CN(C(=O)CCc1nc(-c2cccs2)no1)c1ccc(Oc2ccccc2)cc1. The van der Waals surface area contributed by atoms with Crippen LogP contribution in [0.1, 0.15) is 12.3 Å². The van der Waals surface area contributed by atoms with E-state index in [0.717, 1.165) is 16.3 Å². The summed E-state index contributed by atoms with van der Waals surface area (Å²) < 4.78 is 11.0. The summed E-state index contributed by atoms with van der Waals surface area (Å²) in [5.74, 6) is 2.48. The summed E-state index contributed by atoms with van der Waals surface area (Å²) in [5.41, 5.74) is 0.792. The normalized spacial score (nSPS) is 10.7. The largest absolute Gasteiger partial charge is 0.457 e. The van der Waals surface area contributed by atoms with Gasteiger partial charge in [-0.25, -0.2) is 0 Å². The van der Waals surface area contributed by atoms with Gasteiger partial charge in [0.1, 0.15) is 11.5 Å². The van der Waals surface area contributed by atoms with Crippen molar-refractivity contribution in [2.24, 2.45) is 0 Å². The highest BCUT2D eigenvalue weighted by Crippen LogP contribution is 2.25. The molecule has 0 aliphatic heterocycles. The minimum absolute atomic E-state index is 0.0300. The van der Waals surface area contributed by atoms with Crippen LogP contribution in [-0.2, 0) is 11.2 Å². The van der Waals surface area contributed by atoms with Crippen molar-refractivity contribution >= 4 is 22.9 Å². The van der Waals surface area contributed by atoms with E-state index in [1.807, 2.05) is 72.1 Å². The monoisotopic (exact) mass is 405 g/mol. The predicted octanol–water partition coefficient (Wildman–Crippen LogP) is 5.19. The number of benzene rings is 2. The highest BCUT2D eigenvalue weighted by Gasteiger charge is 2.15. The van der Waals surface area contributed by atoms with Gasteiger partial charge in [-0.15, -0.1) is 11.3 Å². The van der Waals surface area contributed by atoms with Crippen molar-refractivity contribution in [2.45, 2.75) is 12.8 Å². The molecule has 0 radical (unpaired) electrons. The first-order valence-corrected chi connectivity index (χ1v) is 10.0. The number of aryl methyl sites for hydroxylation is 1. The Morgan fingerprint density at radius 1 is 1.03 bits per heavy atom. The Morgan fingerprint density at radius 3 is 2.52 bits per heavy atom. The van der Waals surface area contributed by atoms with Crippen molar-refractivity contribution in [1.82, 2.24) is 10.1 Å². The van der Waals surface area contributed by atoms with Crippen LogP contribution in [0.3, 0.4) is 0 Å². The lowest BCUT2D eigenvalue weighted by Crippen LogP contribution is -2.26. The third-order valence-electron chi connectivity index (χ3n) is 4.34. The van der Waals surface area contributed by atoms with Crippen LogP contribution in [0.25, 0.3) is 10.7 Å². The quantitative estimate of drug-likeness (QED) is 0.423. The van der Waals surface area contributed by atoms with Crippen LogP contribution in [-0.4, -0.2) is 23.1 Å². The molecule has 2 aromatic carbocycles. The number of para-hydroxylation sites is 1. The molecule has 1 amide bonds. The Bertz CT molecular complexity index is 1060. The number of carbonyl (C=O) groups excluding carboxylic acids is 1. The predicted molar refractivity (Wildman–Crippen MR) is 112 cm³/mol. The van der Waals surface area contributed by atoms with Crippen molar-refractivity contribution in [1.29, 1.82) is 0 Å². The molecule has 0 spiro atoms. The van der Waals surface area contributed by atoms with Crippen LogP contribution in [0.4, 0.5) is 5.69 Å². The molecule has 29 heavy (non-hydrogen) atoms. The number of carbonyl (C=O) groups is 1. The number of anilines is 1. The molecule has 0 bridgehead atoms. The van der Waals surface area contributed by atoms with Gasteiger partial charge in [-0.1, -0.05) is 29.4 Å². The van der Waals surface area contributed by atoms with E-state index in [9.17, 15) is 4.79 Å². The smallest absolute Gasteiger partial charge is 0.227 e. The number of amides is 1. The zero-order chi connectivity index (χ0) is 20.1. The van der Waals surface area contributed by atoms with Crippen molar-refractivity contribution < 1.29 is 14.1 Å². The van der Waals surface area contributed by atoms with Crippen LogP contribution >= 0.6 is 11.3 Å². The summed E-state index contributed by atoms with van der Waals surface area (Å²) in [6.07, 6.45) is 0.682. The van der Waals surface area contributed by atoms with Crippen LogP contribution in [0, 0.1) is 0 Å². The number of hydrogen-bond acceptors (Lipinski definition) is 6. The topological polar surface area (TPSA) is 68.5 Å². The van der Waals surface area contributed by atoms with Crippen LogP contribution in [0.15, 0.2) is 76.6 Å². The summed E-state index contributed by atoms with van der Waals surface area (Å²) >= 11 is 1.55. The lowest BCUT2D eigenvalue weighted by Gasteiger charge is -2.17. The minimum Gasteiger partial charge on any atom is -0.457 e. The van der Waals surface area contributed by atoms with Crippen molar-refractivity contribution in [3.8, 4) is 22.2 Å². The molecule has 4 aromatic rings. The van der Waals surface area contributed by atoms with Gasteiger partial charge in [0.2, 0.25) is 17.6 Å². The first-order chi connectivity index (χ1) is 14.2. The van der Waals surface area contributed by atoms with Gasteiger partial charge >= 0.3 is 0 Å². The van der Waals surface area contributed by atoms with E-state index in [-0.39, 0.29) is 12.3 Å². The molecule has 0 N–H and O–H groups in total. The summed E-state index contributed by atoms with van der Waals surface area (Å²) in [4.78, 5) is 19.4. The Kier molecular flexibility index (Phi) is 5.67. The Hall–Kier alpha value is -3.45. The van der Waals surface area contributed by atoms with Gasteiger partial charge in [-0.2, -0.15) is 4.98 Å². The maximum Gasteiger partial charge on any atom is 0.227 e. The fourth-order valence-electron chi connectivity index (χ4n) is 2.75. The van der Waals surface area contributed by atoms with Gasteiger partial charge in [0.15, 0.2) is 0 Å². The number of nitrogens with zero attached hydrogens (tertiary/aromatic N) is 3. The highest BCUT2D eigenvalue weighted by atomic mass is 32.1. The molecule has 4 rings (SSSR count). The average Bonchev–Trinajstić information content (AvgIpc) is 3.45. The van der Waals surface area contributed by atoms with Gasteiger partial charge < -0.3 is 14.2 Å². The second kappa shape index (κ2) is 8.70. The highest BCUT2D eigenvalue weighted by molar-refractivity contribution is 7.13. The molecule has 0 aliphatic carbocycles. The van der Waals surface area contributed by atoms with Crippen molar-refractivity contribution in [2.75, 3.05) is 11.9 Å². The Morgan fingerprint density at radius 2 is 1.79 bits per heavy atom. The minimum atomic E-state index is -0.0300. The molecule has 0 fully saturated rings.